The predicted octanol–water partition coefficient (Wildman–Crippen LogP) is -2.40. The van der Waals surface area contributed by atoms with Crippen LogP contribution in [0.5, 0.6) is 0 Å². The third-order valence-electron chi connectivity index (χ3n) is 9.11. The lowest BCUT2D eigenvalue weighted by atomic mass is 9.78. The van der Waals surface area contributed by atoms with E-state index < -0.39 is 17.9 Å². The lowest BCUT2D eigenvalue weighted by Crippen LogP contribution is -2.66. The molecule has 6 heterocycles. The van der Waals surface area contributed by atoms with Gasteiger partial charge in [0.15, 0.2) is 0 Å². The van der Waals surface area contributed by atoms with E-state index in [1.54, 1.807) is 6.92 Å². The summed E-state index contributed by atoms with van der Waals surface area (Å²) in [5.41, 5.74) is 0.00706. The summed E-state index contributed by atoms with van der Waals surface area (Å²) < 4.78 is 1.28. The number of nitrogens with zero attached hydrogens (tertiary/aromatic N) is 6. The number of hydrogen-bond acceptors (Lipinski definition) is 11. The monoisotopic (exact) mass is 589 g/mol. The molecular formula is C25H35N9O6S. The van der Waals surface area contributed by atoms with Gasteiger partial charge in [0, 0.05) is 53.8 Å². The Balaban J connectivity index is 1.07. The van der Waals surface area contributed by atoms with Gasteiger partial charge < -0.3 is 36.0 Å². The second kappa shape index (κ2) is 11.0. The number of β-lactam (4-membered cyclic amide) rings is 1. The third kappa shape index (κ3) is 5.00. The molecule has 6 rings (SSSR count). The number of aliphatic hydroxyl groups excluding tert-OH is 1. The van der Waals surface area contributed by atoms with Crippen LogP contribution in [-0.4, -0.2) is 126 Å². The van der Waals surface area contributed by atoms with E-state index in [0.717, 1.165) is 6.42 Å². The molecule has 0 saturated carbocycles. The van der Waals surface area contributed by atoms with Crippen molar-refractivity contribution < 1.29 is 29.4 Å². The van der Waals surface area contributed by atoms with Gasteiger partial charge in [0.1, 0.15) is 18.6 Å². The first-order valence-corrected chi connectivity index (χ1v) is 14.9. The van der Waals surface area contributed by atoms with E-state index in [0.29, 0.717) is 36.9 Å². The van der Waals surface area contributed by atoms with Gasteiger partial charge in [0.2, 0.25) is 17.7 Å². The van der Waals surface area contributed by atoms with E-state index >= 15 is 0 Å². The summed E-state index contributed by atoms with van der Waals surface area (Å²) in [5.74, 6) is -2.19. The Kier molecular flexibility index (Phi) is 7.50. The average Bonchev–Trinajstić information content (AvgIpc) is 3.73. The smallest absolute Gasteiger partial charge is 0.353 e. The molecule has 0 unspecified atom stereocenters. The maximum atomic E-state index is 13.3. The topological polar surface area (TPSA) is 195 Å². The number of aromatic nitrogens is 4. The fourth-order valence-corrected chi connectivity index (χ4v) is 8.69. The predicted molar refractivity (Wildman–Crippen MR) is 144 cm³/mol. The van der Waals surface area contributed by atoms with Crippen LogP contribution in [0.15, 0.2) is 16.9 Å². The number of carboxylic acid groups (broad SMARTS) is 1. The summed E-state index contributed by atoms with van der Waals surface area (Å²) in [4.78, 5) is 55.2. The van der Waals surface area contributed by atoms with Gasteiger partial charge in [-0.1, -0.05) is 6.92 Å². The zero-order chi connectivity index (χ0) is 29.0. The van der Waals surface area contributed by atoms with Crippen molar-refractivity contribution in [2.24, 2.45) is 17.8 Å². The van der Waals surface area contributed by atoms with Gasteiger partial charge >= 0.3 is 5.97 Å². The zero-order valence-electron chi connectivity index (χ0n) is 22.8. The van der Waals surface area contributed by atoms with Crippen LogP contribution in [0.1, 0.15) is 26.7 Å². The van der Waals surface area contributed by atoms with Crippen LogP contribution in [0.25, 0.3) is 0 Å². The summed E-state index contributed by atoms with van der Waals surface area (Å²) in [6.45, 7) is 5.56. The summed E-state index contributed by atoms with van der Waals surface area (Å²) >= 11 is 1.44. The van der Waals surface area contributed by atoms with Crippen LogP contribution >= 0.6 is 11.8 Å². The maximum Gasteiger partial charge on any atom is 0.353 e. The second-order valence-electron chi connectivity index (χ2n) is 11.7. The van der Waals surface area contributed by atoms with Crippen molar-refractivity contribution in [3.63, 3.8) is 0 Å². The number of fused-ring (bicyclic) bond motifs is 2. The summed E-state index contributed by atoms with van der Waals surface area (Å²) in [6, 6.07) is -0.900. The molecule has 16 heteroatoms. The van der Waals surface area contributed by atoms with Gasteiger partial charge in [-0.3, -0.25) is 14.4 Å². The first kappa shape index (κ1) is 28.1. The summed E-state index contributed by atoms with van der Waals surface area (Å²) in [7, 11) is 0. The van der Waals surface area contributed by atoms with Crippen LogP contribution in [-0.2, 0) is 25.7 Å². The number of aliphatic hydroxyl groups is 1. The lowest BCUT2D eigenvalue weighted by Gasteiger charge is -2.47. The van der Waals surface area contributed by atoms with Gasteiger partial charge in [-0.2, -0.15) is 0 Å². The molecule has 0 radical (unpaired) electrons. The normalized spacial score (nSPS) is 35.0. The number of rotatable bonds is 9. The highest BCUT2D eigenvalue weighted by atomic mass is 32.2. The number of nitrogens with one attached hydrogen (secondary N) is 3. The number of carbonyl (C=O) groups is 4. The Bertz CT molecular complexity index is 1250. The van der Waals surface area contributed by atoms with Crippen molar-refractivity contribution in [1.29, 1.82) is 0 Å². The molecule has 0 bridgehead atoms. The summed E-state index contributed by atoms with van der Waals surface area (Å²) in [6.07, 6.45) is 2.75. The molecule has 0 spiro atoms. The number of likely N-dealkylation sites (tertiary alicyclic amines) is 1. The molecule has 3 amide bonds. The molecule has 4 fully saturated rings. The largest absolute Gasteiger partial charge is 0.477 e. The number of thioether (sulfide) groups is 1. The molecule has 5 aliphatic rings. The molecule has 9 atom stereocenters. The van der Waals surface area contributed by atoms with Crippen molar-refractivity contribution in [3.05, 3.63) is 16.9 Å². The minimum Gasteiger partial charge on any atom is -0.477 e. The Morgan fingerprint density at radius 3 is 2.76 bits per heavy atom. The van der Waals surface area contributed by atoms with Crippen LogP contribution in [0.4, 0.5) is 0 Å². The van der Waals surface area contributed by atoms with Crippen molar-refractivity contribution in [2.75, 3.05) is 26.2 Å². The molecule has 5 N–H and O–H groups in total. The number of aliphatic carboxylic acids is 1. The molecule has 222 valence electrons. The number of hydrogen-bond donors (Lipinski definition) is 5. The van der Waals surface area contributed by atoms with E-state index in [9.17, 15) is 29.4 Å². The SMILES string of the molecule is C[C@@H](NC(=O)Cn1cnnn1)[C@H]1C(=O)N2C(C(=O)O)=C(S[C@@H]3CN[C@H](C(=O)N4C[C@@H]5C[C@@H](CO)N[C@@H]5C4)C3)[C@H](C)[C@H]12. The Morgan fingerprint density at radius 2 is 2.07 bits per heavy atom. The molecular weight excluding hydrogens is 554 g/mol. The fourth-order valence-electron chi connectivity index (χ4n) is 7.21. The standard InChI is InChI=1S/C25H35N9O6S/c1-11-20-19(12(2)28-18(36)8-33-10-27-30-31-33)24(38)34(20)21(25(39)40)22(11)41-15-4-16(26-5-15)23(37)32-6-13-3-14(9-35)29-17(13)7-32/h10-17,19-20,26,29,35H,3-9H2,1-2H3,(H,28,36)(H,39,40)/t11-,12-,13+,14+,15+,16+,17-,19-,20-/m1/s1. The highest BCUT2D eigenvalue weighted by Crippen LogP contribution is 2.52. The van der Waals surface area contributed by atoms with Gasteiger partial charge in [-0.05, 0) is 36.1 Å². The number of tetrazole rings is 1. The molecule has 1 aromatic heterocycles. The minimum absolute atomic E-state index is 0.00706. The van der Waals surface area contributed by atoms with Gasteiger partial charge in [-0.15, -0.1) is 16.9 Å². The molecule has 1 aromatic rings. The van der Waals surface area contributed by atoms with E-state index in [2.05, 4.69) is 31.5 Å². The fraction of sp³-hybridized carbons (Fsp3) is 0.720. The van der Waals surface area contributed by atoms with Crippen molar-refractivity contribution in [3.8, 4) is 0 Å². The quantitative estimate of drug-likeness (QED) is 0.192. The third-order valence-corrected chi connectivity index (χ3v) is 10.6. The molecule has 4 saturated heterocycles. The van der Waals surface area contributed by atoms with Crippen LogP contribution < -0.4 is 16.0 Å². The molecule has 41 heavy (non-hydrogen) atoms. The molecule has 0 aromatic carbocycles. The average molecular weight is 590 g/mol. The minimum atomic E-state index is -1.15. The van der Waals surface area contributed by atoms with E-state index in [1.807, 2.05) is 11.8 Å². The van der Waals surface area contributed by atoms with E-state index in [4.69, 9.17) is 0 Å². The first-order valence-electron chi connectivity index (χ1n) is 14.0. The van der Waals surface area contributed by atoms with E-state index in [-0.39, 0.29) is 71.9 Å². The van der Waals surface area contributed by atoms with Crippen LogP contribution in [0, 0.1) is 17.8 Å². The highest BCUT2D eigenvalue weighted by molar-refractivity contribution is 8.03. The number of carboxylic acids is 1. The van der Waals surface area contributed by atoms with Gasteiger partial charge in [0.25, 0.3) is 0 Å². The maximum absolute atomic E-state index is 13.3. The number of amides is 3. The van der Waals surface area contributed by atoms with Crippen molar-refractivity contribution in [2.45, 2.75) is 68.7 Å². The summed E-state index contributed by atoms with van der Waals surface area (Å²) in [5, 5.41) is 39.7. The number of carbonyl (C=O) groups excluding carboxylic acids is 3. The lowest BCUT2D eigenvalue weighted by molar-refractivity contribution is -0.158. The first-order chi connectivity index (χ1) is 19.7. The Morgan fingerprint density at radius 1 is 1.27 bits per heavy atom. The highest BCUT2D eigenvalue weighted by Gasteiger charge is 2.60. The zero-order valence-corrected chi connectivity index (χ0v) is 23.7. The van der Waals surface area contributed by atoms with Crippen LogP contribution in [0.3, 0.4) is 0 Å². The van der Waals surface area contributed by atoms with Gasteiger partial charge in [0.05, 0.1) is 24.6 Å². The van der Waals surface area contributed by atoms with Crippen molar-refractivity contribution in [1.82, 2.24) is 46.0 Å². The molecule has 15 nitrogen and oxygen atoms in total. The molecule has 5 aliphatic heterocycles. The van der Waals surface area contributed by atoms with E-state index in [1.165, 1.54) is 27.7 Å². The second-order valence-corrected chi connectivity index (χ2v) is 13.1. The molecule has 0 aliphatic carbocycles. The van der Waals surface area contributed by atoms with Gasteiger partial charge in [-0.25, -0.2) is 9.48 Å². The van der Waals surface area contributed by atoms with Crippen molar-refractivity contribution >= 4 is 35.5 Å². The van der Waals surface area contributed by atoms with Crippen LogP contribution in [0.2, 0.25) is 0 Å². The Hall–Kier alpha value is -3.08. The Labute approximate surface area is 240 Å².